The van der Waals surface area contributed by atoms with Gasteiger partial charge in [-0.3, -0.25) is 0 Å². The van der Waals surface area contributed by atoms with E-state index < -0.39 is 0 Å². The standard InChI is InChI=1S/C10H13ClFNO/c1-14-5-4-13-7-8-2-3-9(11)6-10(8)12/h2-3,6,13H,4-5,7H2,1H3. The lowest BCUT2D eigenvalue weighted by Crippen LogP contribution is -2.19. The van der Waals surface area contributed by atoms with E-state index in [2.05, 4.69) is 5.32 Å². The largest absolute Gasteiger partial charge is 0.383 e. The summed E-state index contributed by atoms with van der Waals surface area (Å²) in [6.07, 6.45) is 0. The smallest absolute Gasteiger partial charge is 0.129 e. The van der Waals surface area contributed by atoms with Gasteiger partial charge in [0.15, 0.2) is 0 Å². The molecule has 0 saturated heterocycles. The maximum Gasteiger partial charge on any atom is 0.129 e. The second-order valence-electron chi connectivity index (χ2n) is 2.91. The predicted molar refractivity (Wildman–Crippen MR) is 55.0 cm³/mol. The van der Waals surface area contributed by atoms with Gasteiger partial charge in [-0.1, -0.05) is 17.7 Å². The Morgan fingerprint density at radius 3 is 2.93 bits per heavy atom. The fraction of sp³-hybridized carbons (Fsp3) is 0.400. The summed E-state index contributed by atoms with van der Waals surface area (Å²) in [4.78, 5) is 0. The van der Waals surface area contributed by atoms with Gasteiger partial charge in [-0.05, 0) is 12.1 Å². The average molecular weight is 218 g/mol. The second kappa shape index (κ2) is 5.96. The van der Waals surface area contributed by atoms with Gasteiger partial charge in [-0.15, -0.1) is 0 Å². The van der Waals surface area contributed by atoms with Gasteiger partial charge in [0, 0.05) is 30.8 Å². The number of hydrogen-bond acceptors (Lipinski definition) is 2. The lowest BCUT2D eigenvalue weighted by molar-refractivity contribution is 0.199. The Kier molecular flexibility index (Phi) is 4.87. The number of methoxy groups -OCH3 is 1. The molecule has 0 aromatic heterocycles. The van der Waals surface area contributed by atoms with Crippen LogP contribution in [0.2, 0.25) is 5.02 Å². The summed E-state index contributed by atoms with van der Waals surface area (Å²) in [6, 6.07) is 4.67. The molecule has 1 rings (SSSR count). The van der Waals surface area contributed by atoms with Crippen LogP contribution >= 0.6 is 11.6 Å². The molecule has 0 unspecified atom stereocenters. The first kappa shape index (κ1) is 11.4. The van der Waals surface area contributed by atoms with Crippen molar-refractivity contribution in [2.45, 2.75) is 6.54 Å². The minimum Gasteiger partial charge on any atom is -0.383 e. The van der Waals surface area contributed by atoms with E-state index in [4.69, 9.17) is 16.3 Å². The van der Waals surface area contributed by atoms with Crippen molar-refractivity contribution in [1.82, 2.24) is 5.32 Å². The third-order valence-electron chi connectivity index (χ3n) is 1.81. The Bertz CT molecular complexity index is 293. The minimum atomic E-state index is -0.276. The highest BCUT2D eigenvalue weighted by Crippen LogP contribution is 2.14. The van der Waals surface area contributed by atoms with Crippen molar-refractivity contribution in [2.75, 3.05) is 20.3 Å². The molecule has 0 saturated carbocycles. The van der Waals surface area contributed by atoms with Crippen LogP contribution in [0.5, 0.6) is 0 Å². The Labute approximate surface area is 88.0 Å². The number of ether oxygens (including phenoxy) is 1. The van der Waals surface area contributed by atoms with Crippen LogP contribution in [0.1, 0.15) is 5.56 Å². The molecule has 0 radical (unpaired) electrons. The zero-order chi connectivity index (χ0) is 10.4. The van der Waals surface area contributed by atoms with Gasteiger partial charge in [0.1, 0.15) is 5.82 Å². The normalized spacial score (nSPS) is 10.5. The van der Waals surface area contributed by atoms with Crippen molar-refractivity contribution >= 4 is 11.6 Å². The van der Waals surface area contributed by atoms with E-state index in [1.165, 1.54) is 6.07 Å². The highest BCUT2D eigenvalue weighted by molar-refractivity contribution is 6.30. The van der Waals surface area contributed by atoms with Crippen molar-refractivity contribution in [3.63, 3.8) is 0 Å². The molecule has 1 N–H and O–H groups in total. The molecule has 14 heavy (non-hydrogen) atoms. The van der Waals surface area contributed by atoms with Crippen LogP contribution in [0.25, 0.3) is 0 Å². The lowest BCUT2D eigenvalue weighted by Gasteiger charge is -2.05. The molecular weight excluding hydrogens is 205 g/mol. The molecule has 0 spiro atoms. The topological polar surface area (TPSA) is 21.3 Å². The molecule has 0 bridgehead atoms. The monoisotopic (exact) mass is 217 g/mol. The molecular formula is C10H13ClFNO. The van der Waals surface area contributed by atoms with E-state index in [1.807, 2.05) is 0 Å². The molecule has 0 heterocycles. The zero-order valence-electron chi connectivity index (χ0n) is 8.02. The van der Waals surface area contributed by atoms with Crippen molar-refractivity contribution in [1.29, 1.82) is 0 Å². The fourth-order valence-corrected chi connectivity index (χ4v) is 1.22. The maximum absolute atomic E-state index is 13.2. The van der Waals surface area contributed by atoms with Gasteiger partial charge in [0.25, 0.3) is 0 Å². The Balaban J connectivity index is 2.42. The van der Waals surface area contributed by atoms with E-state index in [0.717, 1.165) is 0 Å². The van der Waals surface area contributed by atoms with Crippen molar-refractivity contribution in [3.05, 3.63) is 34.6 Å². The summed E-state index contributed by atoms with van der Waals surface area (Å²) in [6.45, 7) is 1.82. The molecule has 2 nitrogen and oxygen atoms in total. The predicted octanol–water partition coefficient (Wildman–Crippen LogP) is 2.22. The van der Waals surface area contributed by atoms with Gasteiger partial charge in [-0.2, -0.15) is 0 Å². The minimum absolute atomic E-state index is 0.276. The molecule has 4 heteroatoms. The van der Waals surface area contributed by atoms with Gasteiger partial charge in [0.05, 0.1) is 6.61 Å². The van der Waals surface area contributed by atoms with Gasteiger partial charge < -0.3 is 10.1 Å². The van der Waals surface area contributed by atoms with E-state index in [1.54, 1.807) is 19.2 Å². The van der Waals surface area contributed by atoms with Crippen LogP contribution in [0.15, 0.2) is 18.2 Å². The summed E-state index contributed by atoms with van der Waals surface area (Å²) in [5.41, 5.74) is 0.616. The summed E-state index contributed by atoms with van der Waals surface area (Å²) >= 11 is 5.62. The van der Waals surface area contributed by atoms with Crippen molar-refractivity contribution in [2.24, 2.45) is 0 Å². The van der Waals surface area contributed by atoms with Crippen molar-refractivity contribution < 1.29 is 9.13 Å². The number of halogens is 2. The zero-order valence-corrected chi connectivity index (χ0v) is 8.77. The lowest BCUT2D eigenvalue weighted by atomic mass is 10.2. The van der Waals surface area contributed by atoms with Crippen LogP contribution in [0, 0.1) is 5.82 Å². The fourth-order valence-electron chi connectivity index (χ4n) is 1.06. The second-order valence-corrected chi connectivity index (χ2v) is 3.34. The van der Waals surface area contributed by atoms with Crippen LogP contribution in [0.4, 0.5) is 4.39 Å². The SMILES string of the molecule is COCCNCc1ccc(Cl)cc1F. The van der Waals surface area contributed by atoms with Crippen LogP contribution in [0.3, 0.4) is 0 Å². The summed E-state index contributed by atoms with van der Waals surface area (Å²) in [5.74, 6) is -0.276. The third kappa shape index (κ3) is 3.62. The van der Waals surface area contributed by atoms with Gasteiger partial charge in [0.2, 0.25) is 0 Å². The number of nitrogens with one attached hydrogen (secondary N) is 1. The molecule has 0 fully saturated rings. The van der Waals surface area contributed by atoms with Gasteiger partial charge >= 0.3 is 0 Å². The number of rotatable bonds is 5. The molecule has 78 valence electrons. The quantitative estimate of drug-likeness (QED) is 0.764. The number of hydrogen-bond donors (Lipinski definition) is 1. The Morgan fingerprint density at radius 2 is 2.29 bits per heavy atom. The molecule has 0 amide bonds. The third-order valence-corrected chi connectivity index (χ3v) is 2.05. The summed E-state index contributed by atoms with van der Waals surface area (Å²) < 4.78 is 18.1. The first-order chi connectivity index (χ1) is 6.74. The van der Waals surface area contributed by atoms with Crippen LogP contribution < -0.4 is 5.32 Å². The van der Waals surface area contributed by atoms with E-state index in [-0.39, 0.29) is 5.82 Å². The first-order valence-corrected chi connectivity index (χ1v) is 4.75. The molecule has 0 aliphatic heterocycles. The molecule has 1 aromatic carbocycles. The molecule has 0 atom stereocenters. The highest BCUT2D eigenvalue weighted by atomic mass is 35.5. The number of benzene rings is 1. The summed E-state index contributed by atoms with van der Waals surface area (Å²) in [7, 11) is 1.63. The highest BCUT2D eigenvalue weighted by Gasteiger charge is 2.01. The molecule has 0 aliphatic carbocycles. The Hall–Kier alpha value is -0.640. The Morgan fingerprint density at radius 1 is 1.50 bits per heavy atom. The van der Waals surface area contributed by atoms with Crippen LogP contribution in [-0.4, -0.2) is 20.3 Å². The molecule has 1 aromatic rings. The maximum atomic E-state index is 13.2. The van der Waals surface area contributed by atoms with Crippen molar-refractivity contribution in [3.8, 4) is 0 Å². The van der Waals surface area contributed by atoms with E-state index in [9.17, 15) is 4.39 Å². The summed E-state index contributed by atoms with van der Waals surface area (Å²) in [5, 5.41) is 3.47. The van der Waals surface area contributed by atoms with Crippen LogP contribution in [-0.2, 0) is 11.3 Å². The average Bonchev–Trinajstić information content (AvgIpc) is 2.15. The van der Waals surface area contributed by atoms with Gasteiger partial charge in [-0.25, -0.2) is 4.39 Å². The van der Waals surface area contributed by atoms with E-state index >= 15 is 0 Å². The molecule has 0 aliphatic rings. The first-order valence-electron chi connectivity index (χ1n) is 4.37. The van der Waals surface area contributed by atoms with E-state index in [0.29, 0.717) is 30.3 Å².